The minimum absolute atomic E-state index is 0.107. The van der Waals surface area contributed by atoms with Crippen LogP contribution in [0.5, 0.6) is 0 Å². The molecule has 124 valence electrons. The Kier molecular flexibility index (Phi) is 5.45. The quantitative estimate of drug-likeness (QED) is 0.733. The van der Waals surface area contributed by atoms with Gasteiger partial charge in [-0.25, -0.2) is 22.8 Å². The highest BCUT2D eigenvalue weighted by molar-refractivity contribution is 7.89. The highest BCUT2D eigenvalue weighted by atomic mass is 32.2. The van der Waals surface area contributed by atoms with E-state index in [4.69, 9.17) is 5.11 Å². The Bertz CT molecular complexity index is 759. The number of benzene rings is 1. The van der Waals surface area contributed by atoms with Crippen LogP contribution >= 0.6 is 0 Å². The molecule has 1 aromatic heterocycles. The number of hydrogen-bond donors (Lipinski definition) is 2. The van der Waals surface area contributed by atoms with Gasteiger partial charge >= 0.3 is 5.97 Å². The number of aromatic nitrogens is 3. The van der Waals surface area contributed by atoms with Crippen LogP contribution in [0.4, 0.5) is 0 Å². The van der Waals surface area contributed by atoms with Gasteiger partial charge in [-0.15, -0.1) is 0 Å². The van der Waals surface area contributed by atoms with E-state index in [0.29, 0.717) is 12.0 Å². The second-order valence-corrected chi connectivity index (χ2v) is 6.73. The number of carboxylic acids is 1. The topological polar surface area (TPSA) is 114 Å². The van der Waals surface area contributed by atoms with Crippen molar-refractivity contribution >= 4 is 16.0 Å². The van der Waals surface area contributed by atoms with Gasteiger partial charge in [0, 0.05) is 6.54 Å². The fraction of sp³-hybridized carbons (Fsp3) is 0.357. The van der Waals surface area contributed by atoms with E-state index in [9.17, 15) is 13.2 Å². The lowest BCUT2D eigenvalue weighted by molar-refractivity contribution is -0.141. The first-order valence-electron chi connectivity index (χ1n) is 7.07. The van der Waals surface area contributed by atoms with Crippen molar-refractivity contribution in [1.82, 2.24) is 19.5 Å². The summed E-state index contributed by atoms with van der Waals surface area (Å²) in [5.41, 5.74) is 0.550. The number of carboxylic acid groups (broad SMARTS) is 1. The number of hydrogen-bond acceptors (Lipinski definition) is 5. The van der Waals surface area contributed by atoms with Crippen molar-refractivity contribution in [3.8, 4) is 0 Å². The molecule has 0 saturated heterocycles. The number of rotatable bonds is 8. The van der Waals surface area contributed by atoms with Gasteiger partial charge in [-0.1, -0.05) is 25.1 Å². The third-order valence-corrected chi connectivity index (χ3v) is 4.95. The number of carbonyl (C=O) groups is 1. The van der Waals surface area contributed by atoms with Gasteiger partial charge < -0.3 is 5.11 Å². The molecule has 1 aromatic carbocycles. The average Bonchev–Trinajstić information content (AvgIpc) is 3.01. The van der Waals surface area contributed by atoms with Crippen LogP contribution in [-0.2, 0) is 21.4 Å². The van der Waals surface area contributed by atoms with Gasteiger partial charge in [0.05, 0.1) is 17.4 Å². The van der Waals surface area contributed by atoms with E-state index in [2.05, 4.69) is 14.8 Å². The summed E-state index contributed by atoms with van der Waals surface area (Å²) in [7, 11) is -3.81. The van der Waals surface area contributed by atoms with Gasteiger partial charge in [0.25, 0.3) is 0 Å². The molecule has 1 atom stereocenters. The third kappa shape index (κ3) is 4.36. The van der Waals surface area contributed by atoms with Gasteiger partial charge in [0.15, 0.2) is 0 Å². The second kappa shape index (κ2) is 7.34. The lowest BCUT2D eigenvalue weighted by atomic mass is 10.1. The molecule has 2 aromatic rings. The van der Waals surface area contributed by atoms with Crippen molar-refractivity contribution in [2.75, 3.05) is 6.54 Å². The van der Waals surface area contributed by atoms with Crippen LogP contribution in [0.1, 0.15) is 18.9 Å². The van der Waals surface area contributed by atoms with Gasteiger partial charge in [0.2, 0.25) is 10.0 Å². The molecule has 0 spiro atoms. The normalized spacial score (nSPS) is 12.9. The van der Waals surface area contributed by atoms with Crippen molar-refractivity contribution in [3.05, 3.63) is 42.5 Å². The molecule has 8 nitrogen and oxygen atoms in total. The van der Waals surface area contributed by atoms with E-state index >= 15 is 0 Å². The Morgan fingerprint density at radius 3 is 2.74 bits per heavy atom. The molecule has 0 aliphatic heterocycles. The number of nitrogens with zero attached hydrogens (tertiary/aromatic N) is 3. The Labute approximate surface area is 134 Å². The summed E-state index contributed by atoms with van der Waals surface area (Å²) in [6.45, 7) is 1.81. The molecular weight excluding hydrogens is 320 g/mol. The molecule has 0 amide bonds. The molecule has 2 rings (SSSR count). The van der Waals surface area contributed by atoms with Gasteiger partial charge in [-0.05, 0) is 18.1 Å². The first-order valence-corrected chi connectivity index (χ1v) is 8.55. The van der Waals surface area contributed by atoms with E-state index in [1.807, 2.05) is 0 Å². The third-order valence-electron chi connectivity index (χ3n) is 3.42. The predicted octanol–water partition coefficient (Wildman–Crippen LogP) is 0.716. The minimum Gasteiger partial charge on any atom is -0.481 e. The molecule has 0 aliphatic carbocycles. The lowest BCUT2D eigenvalue weighted by Crippen LogP contribution is -2.33. The van der Waals surface area contributed by atoms with E-state index in [0.717, 1.165) is 0 Å². The second-order valence-electron chi connectivity index (χ2n) is 5.00. The maximum absolute atomic E-state index is 12.5. The minimum atomic E-state index is -3.81. The van der Waals surface area contributed by atoms with Crippen LogP contribution in [0.25, 0.3) is 0 Å². The number of nitrogens with one attached hydrogen (secondary N) is 1. The van der Waals surface area contributed by atoms with Crippen molar-refractivity contribution in [3.63, 3.8) is 0 Å². The van der Waals surface area contributed by atoms with E-state index in [1.165, 1.54) is 23.4 Å². The predicted molar refractivity (Wildman–Crippen MR) is 82.2 cm³/mol. The molecular formula is C14H18N4O4S. The molecule has 0 aliphatic rings. The zero-order valence-electron chi connectivity index (χ0n) is 12.6. The van der Waals surface area contributed by atoms with Crippen molar-refractivity contribution < 1.29 is 18.3 Å². The maximum Gasteiger partial charge on any atom is 0.307 e. The molecule has 0 saturated carbocycles. The summed E-state index contributed by atoms with van der Waals surface area (Å²) >= 11 is 0. The van der Waals surface area contributed by atoms with E-state index < -0.39 is 21.9 Å². The molecule has 0 radical (unpaired) electrons. The number of sulfonamides is 1. The number of aliphatic carboxylic acids is 1. The van der Waals surface area contributed by atoms with Crippen molar-refractivity contribution in [2.24, 2.45) is 5.92 Å². The summed E-state index contributed by atoms with van der Waals surface area (Å²) in [5, 5.41) is 13.0. The maximum atomic E-state index is 12.5. The molecule has 9 heteroatoms. The van der Waals surface area contributed by atoms with Crippen LogP contribution in [0, 0.1) is 5.92 Å². The van der Waals surface area contributed by atoms with Gasteiger partial charge in [0.1, 0.15) is 12.7 Å². The van der Waals surface area contributed by atoms with Crippen LogP contribution in [0.15, 0.2) is 41.8 Å². The molecule has 1 heterocycles. The van der Waals surface area contributed by atoms with Crippen LogP contribution in [-0.4, -0.2) is 40.8 Å². The van der Waals surface area contributed by atoms with E-state index in [-0.39, 0.29) is 18.0 Å². The average molecular weight is 338 g/mol. The first-order chi connectivity index (χ1) is 10.9. The highest BCUT2D eigenvalue weighted by Crippen LogP contribution is 2.16. The van der Waals surface area contributed by atoms with Crippen LogP contribution in [0.3, 0.4) is 0 Å². The fourth-order valence-electron chi connectivity index (χ4n) is 2.08. The summed E-state index contributed by atoms with van der Waals surface area (Å²) in [6, 6.07) is 6.52. The monoisotopic (exact) mass is 338 g/mol. The Morgan fingerprint density at radius 1 is 1.39 bits per heavy atom. The molecule has 0 fully saturated rings. The van der Waals surface area contributed by atoms with E-state index in [1.54, 1.807) is 25.1 Å². The molecule has 2 N–H and O–H groups in total. The zero-order valence-corrected chi connectivity index (χ0v) is 13.4. The molecule has 1 unspecified atom stereocenters. The largest absolute Gasteiger partial charge is 0.481 e. The fourth-order valence-corrected chi connectivity index (χ4v) is 3.39. The summed E-state index contributed by atoms with van der Waals surface area (Å²) in [5.74, 6) is -1.78. The Morgan fingerprint density at radius 2 is 2.13 bits per heavy atom. The lowest BCUT2D eigenvalue weighted by Gasteiger charge is -2.14. The summed E-state index contributed by atoms with van der Waals surface area (Å²) < 4.78 is 28.8. The Balaban J connectivity index is 2.21. The standard InChI is InChI=1S/C14H18N4O4S/c1-2-11(14(19)20)7-17-23(21,22)13-6-4-3-5-12(13)8-18-10-15-9-16-18/h3-6,9-11,17H,2,7-8H2,1H3,(H,19,20). The summed E-state index contributed by atoms with van der Waals surface area (Å²) in [4.78, 5) is 14.9. The van der Waals surface area contributed by atoms with Gasteiger partial charge in [-0.2, -0.15) is 5.10 Å². The van der Waals surface area contributed by atoms with Crippen LogP contribution < -0.4 is 4.72 Å². The zero-order chi connectivity index (χ0) is 16.9. The summed E-state index contributed by atoms with van der Waals surface area (Å²) in [6.07, 6.45) is 3.21. The Hall–Kier alpha value is -2.26. The van der Waals surface area contributed by atoms with Crippen molar-refractivity contribution in [2.45, 2.75) is 24.8 Å². The van der Waals surface area contributed by atoms with Crippen molar-refractivity contribution in [1.29, 1.82) is 0 Å². The highest BCUT2D eigenvalue weighted by Gasteiger charge is 2.22. The first kappa shape index (κ1) is 17.1. The SMILES string of the molecule is CCC(CNS(=O)(=O)c1ccccc1Cn1cncn1)C(=O)O. The molecule has 0 bridgehead atoms. The molecule has 23 heavy (non-hydrogen) atoms. The van der Waals surface area contributed by atoms with Crippen LogP contribution in [0.2, 0.25) is 0 Å². The smallest absolute Gasteiger partial charge is 0.307 e. The van der Waals surface area contributed by atoms with Gasteiger partial charge in [-0.3, -0.25) is 4.79 Å².